The molecule has 0 fully saturated rings. The number of hydrogen-bond donors (Lipinski definition) is 0. The number of aromatic nitrogens is 2. The van der Waals surface area contributed by atoms with Gasteiger partial charge in [0.05, 0.1) is 11.9 Å². The Kier molecular flexibility index (Phi) is 4.96. The SMILES string of the molecule is FC(F)Oc1ccc(N(Cc2cccnc2)c2cccnc2)cc1. The van der Waals surface area contributed by atoms with Crippen LogP contribution in [0.5, 0.6) is 5.75 Å². The summed E-state index contributed by atoms with van der Waals surface area (Å²) < 4.78 is 29.0. The summed E-state index contributed by atoms with van der Waals surface area (Å²) in [4.78, 5) is 10.3. The number of ether oxygens (including phenoxy) is 1. The van der Waals surface area contributed by atoms with Crippen LogP contribution in [0.4, 0.5) is 20.2 Å². The lowest BCUT2D eigenvalue weighted by molar-refractivity contribution is -0.0498. The van der Waals surface area contributed by atoms with Gasteiger partial charge in [0.15, 0.2) is 0 Å². The Morgan fingerprint density at radius 1 is 0.875 bits per heavy atom. The number of rotatable bonds is 6. The maximum atomic E-state index is 12.3. The number of benzene rings is 1. The van der Waals surface area contributed by atoms with E-state index < -0.39 is 6.61 Å². The standard InChI is InChI=1S/C18H15F2N3O/c19-18(20)24-17-7-5-15(6-8-17)23(16-4-2-10-22-12-16)13-14-3-1-9-21-11-14/h1-12,18H,13H2. The Hall–Kier alpha value is -3.02. The molecule has 0 radical (unpaired) electrons. The minimum atomic E-state index is -2.83. The summed E-state index contributed by atoms with van der Waals surface area (Å²) in [5, 5.41) is 0. The van der Waals surface area contributed by atoms with E-state index in [0.717, 1.165) is 16.9 Å². The van der Waals surface area contributed by atoms with Gasteiger partial charge in [-0.1, -0.05) is 6.07 Å². The number of pyridine rings is 2. The Bertz CT molecular complexity index is 752. The van der Waals surface area contributed by atoms with Crippen LogP contribution in [0, 0.1) is 0 Å². The summed E-state index contributed by atoms with van der Waals surface area (Å²) in [6.45, 7) is -2.25. The van der Waals surface area contributed by atoms with Gasteiger partial charge in [0.1, 0.15) is 5.75 Å². The van der Waals surface area contributed by atoms with Crippen LogP contribution >= 0.6 is 0 Å². The largest absolute Gasteiger partial charge is 0.435 e. The normalized spacial score (nSPS) is 10.6. The lowest BCUT2D eigenvalue weighted by Crippen LogP contribution is -2.16. The molecule has 0 aliphatic rings. The maximum Gasteiger partial charge on any atom is 0.387 e. The third kappa shape index (κ3) is 4.04. The maximum absolute atomic E-state index is 12.3. The van der Waals surface area contributed by atoms with Crippen molar-refractivity contribution in [1.82, 2.24) is 9.97 Å². The van der Waals surface area contributed by atoms with Gasteiger partial charge in [-0.2, -0.15) is 8.78 Å². The third-order valence-electron chi connectivity index (χ3n) is 3.39. The predicted molar refractivity (Wildman–Crippen MR) is 87.4 cm³/mol. The second kappa shape index (κ2) is 7.50. The number of hydrogen-bond acceptors (Lipinski definition) is 4. The highest BCUT2D eigenvalue weighted by atomic mass is 19.3. The zero-order valence-electron chi connectivity index (χ0n) is 12.7. The van der Waals surface area contributed by atoms with E-state index in [1.165, 1.54) is 12.1 Å². The number of alkyl halides is 2. The molecular formula is C18H15F2N3O. The first-order valence-electron chi connectivity index (χ1n) is 7.34. The molecule has 0 spiro atoms. The predicted octanol–water partition coefficient (Wildman–Crippen LogP) is 4.42. The number of halogens is 2. The van der Waals surface area contributed by atoms with E-state index in [9.17, 15) is 8.78 Å². The van der Waals surface area contributed by atoms with E-state index in [1.807, 2.05) is 29.2 Å². The van der Waals surface area contributed by atoms with E-state index in [-0.39, 0.29) is 5.75 Å². The summed E-state index contributed by atoms with van der Waals surface area (Å²) in [5.41, 5.74) is 2.76. The fourth-order valence-corrected chi connectivity index (χ4v) is 2.33. The Morgan fingerprint density at radius 3 is 2.17 bits per heavy atom. The smallest absolute Gasteiger partial charge is 0.387 e. The highest BCUT2D eigenvalue weighted by molar-refractivity contribution is 5.63. The first-order chi connectivity index (χ1) is 11.7. The number of nitrogens with zero attached hydrogens (tertiary/aromatic N) is 3. The zero-order valence-corrected chi connectivity index (χ0v) is 12.7. The summed E-state index contributed by atoms with van der Waals surface area (Å²) >= 11 is 0. The average molecular weight is 327 g/mol. The van der Waals surface area contributed by atoms with E-state index in [2.05, 4.69) is 14.7 Å². The van der Waals surface area contributed by atoms with Crippen LogP contribution in [0.2, 0.25) is 0 Å². The molecule has 122 valence electrons. The average Bonchev–Trinajstić information content (AvgIpc) is 2.62. The van der Waals surface area contributed by atoms with E-state index in [1.54, 1.807) is 36.9 Å². The van der Waals surface area contributed by atoms with Crippen molar-refractivity contribution in [3.63, 3.8) is 0 Å². The molecule has 0 aliphatic heterocycles. The topological polar surface area (TPSA) is 38.2 Å². The first-order valence-corrected chi connectivity index (χ1v) is 7.34. The summed E-state index contributed by atoms with van der Waals surface area (Å²) in [6.07, 6.45) is 6.96. The summed E-state index contributed by atoms with van der Waals surface area (Å²) in [6, 6.07) is 14.2. The first kappa shape index (κ1) is 15.9. The van der Waals surface area contributed by atoms with Crippen molar-refractivity contribution in [2.75, 3.05) is 4.90 Å². The fourth-order valence-electron chi connectivity index (χ4n) is 2.33. The van der Waals surface area contributed by atoms with Crippen molar-refractivity contribution in [2.45, 2.75) is 13.2 Å². The van der Waals surface area contributed by atoms with E-state index >= 15 is 0 Å². The van der Waals surface area contributed by atoms with Crippen molar-refractivity contribution in [3.8, 4) is 5.75 Å². The molecule has 0 saturated carbocycles. The van der Waals surface area contributed by atoms with Gasteiger partial charge in [-0.05, 0) is 48.0 Å². The molecule has 3 rings (SSSR count). The molecule has 0 atom stereocenters. The van der Waals surface area contributed by atoms with Gasteiger partial charge in [0.25, 0.3) is 0 Å². The molecule has 2 aromatic heterocycles. The quantitative estimate of drug-likeness (QED) is 0.672. The van der Waals surface area contributed by atoms with Crippen molar-refractivity contribution < 1.29 is 13.5 Å². The summed E-state index contributed by atoms with van der Waals surface area (Å²) in [7, 11) is 0. The van der Waals surface area contributed by atoms with Crippen molar-refractivity contribution in [1.29, 1.82) is 0 Å². The van der Waals surface area contributed by atoms with Crippen LogP contribution in [-0.4, -0.2) is 16.6 Å². The molecule has 2 heterocycles. The van der Waals surface area contributed by atoms with E-state index in [4.69, 9.17) is 0 Å². The van der Waals surface area contributed by atoms with Crippen LogP contribution < -0.4 is 9.64 Å². The van der Waals surface area contributed by atoms with E-state index in [0.29, 0.717) is 6.54 Å². The van der Waals surface area contributed by atoms with Gasteiger partial charge in [0, 0.05) is 30.8 Å². The van der Waals surface area contributed by atoms with Gasteiger partial charge < -0.3 is 9.64 Å². The van der Waals surface area contributed by atoms with Gasteiger partial charge in [0.2, 0.25) is 0 Å². The number of anilines is 2. The highest BCUT2D eigenvalue weighted by Gasteiger charge is 2.11. The van der Waals surface area contributed by atoms with Crippen LogP contribution in [0.25, 0.3) is 0 Å². The molecule has 6 heteroatoms. The summed E-state index contributed by atoms with van der Waals surface area (Å²) in [5.74, 6) is 0.126. The molecule has 1 aromatic carbocycles. The second-order valence-corrected chi connectivity index (χ2v) is 5.03. The Labute approximate surface area is 138 Å². The van der Waals surface area contributed by atoms with Crippen LogP contribution in [0.1, 0.15) is 5.56 Å². The lowest BCUT2D eigenvalue weighted by atomic mass is 10.2. The molecule has 0 unspecified atom stereocenters. The van der Waals surface area contributed by atoms with Crippen LogP contribution in [0.15, 0.2) is 73.3 Å². The molecule has 3 aromatic rings. The second-order valence-electron chi connectivity index (χ2n) is 5.03. The Morgan fingerprint density at radius 2 is 1.58 bits per heavy atom. The third-order valence-corrected chi connectivity index (χ3v) is 3.39. The van der Waals surface area contributed by atoms with Crippen molar-refractivity contribution in [2.24, 2.45) is 0 Å². The fraction of sp³-hybridized carbons (Fsp3) is 0.111. The molecule has 0 saturated heterocycles. The van der Waals surface area contributed by atoms with Crippen molar-refractivity contribution in [3.05, 3.63) is 78.9 Å². The minimum absolute atomic E-state index is 0.126. The lowest BCUT2D eigenvalue weighted by Gasteiger charge is -2.25. The van der Waals surface area contributed by atoms with Gasteiger partial charge in [-0.3, -0.25) is 9.97 Å². The van der Waals surface area contributed by atoms with Crippen LogP contribution in [0.3, 0.4) is 0 Å². The minimum Gasteiger partial charge on any atom is -0.435 e. The molecule has 0 aliphatic carbocycles. The van der Waals surface area contributed by atoms with Crippen molar-refractivity contribution >= 4 is 11.4 Å². The van der Waals surface area contributed by atoms with Gasteiger partial charge >= 0.3 is 6.61 Å². The highest BCUT2D eigenvalue weighted by Crippen LogP contribution is 2.28. The monoisotopic (exact) mass is 327 g/mol. The van der Waals surface area contributed by atoms with Gasteiger partial charge in [-0.15, -0.1) is 0 Å². The molecule has 0 bridgehead atoms. The van der Waals surface area contributed by atoms with Crippen LogP contribution in [-0.2, 0) is 6.54 Å². The molecule has 0 N–H and O–H groups in total. The molecule has 0 amide bonds. The van der Waals surface area contributed by atoms with Gasteiger partial charge in [-0.25, -0.2) is 0 Å². The molecule has 24 heavy (non-hydrogen) atoms. The molecular weight excluding hydrogens is 312 g/mol. The zero-order chi connectivity index (χ0) is 16.8. The Balaban J connectivity index is 1.89. The molecule has 4 nitrogen and oxygen atoms in total.